The number of hydrogen-bond donors (Lipinski definition) is 3. The fourth-order valence-electron chi connectivity index (χ4n) is 3.84. The van der Waals surface area contributed by atoms with E-state index in [9.17, 15) is 26.4 Å². The Hall–Kier alpha value is -2.52. The molecule has 1 aliphatic heterocycles. The fraction of sp³-hybridized carbons (Fsp3) is 0.400. The van der Waals surface area contributed by atoms with Crippen LogP contribution in [-0.2, 0) is 34.1 Å². The van der Waals surface area contributed by atoms with Gasteiger partial charge < -0.3 is 4.74 Å². The van der Waals surface area contributed by atoms with Crippen LogP contribution in [0.4, 0.5) is 10.5 Å². The number of thiophene rings is 1. The monoisotopic (exact) mass is 531 g/mol. The van der Waals surface area contributed by atoms with Crippen LogP contribution in [0.5, 0.6) is 0 Å². The Kier molecular flexibility index (Phi) is 7.67. The summed E-state index contributed by atoms with van der Waals surface area (Å²) in [5.41, 5.74) is 2.66. The third-order valence-corrected chi connectivity index (χ3v) is 10.9. The van der Waals surface area contributed by atoms with Gasteiger partial charge in [0, 0.05) is 28.5 Å². The second kappa shape index (κ2) is 10.00. The quantitative estimate of drug-likeness (QED) is 0.376. The largest absolute Gasteiger partial charge is 0.453 e. The first-order valence-corrected chi connectivity index (χ1v) is 14.4. The van der Waals surface area contributed by atoms with E-state index in [0.29, 0.717) is 21.0 Å². The molecule has 1 aliphatic rings. The van der Waals surface area contributed by atoms with Crippen LogP contribution in [-0.4, -0.2) is 70.6 Å². The molecule has 2 aromatic rings. The second-order valence-electron chi connectivity index (χ2n) is 7.80. The molecule has 1 aromatic carbocycles. The van der Waals surface area contributed by atoms with Crippen molar-refractivity contribution in [2.75, 3.05) is 37.5 Å². The van der Waals surface area contributed by atoms with Crippen LogP contribution in [0.3, 0.4) is 0 Å². The molecule has 2 heterocycles. The summed E-state index contributed by atoms with van der Waals surface area (Å²) >= 11 is 1.14. The number of amides is 2. The number of carbonyl (C=O) groups excluding carboxylic acids is 2. The lowest BCUT2D eigenvalue weighted by atomic mass is 9.97. The van der Waals surface area contributed by atoms with Crippen LogP contribution in [0.25, 0.3) is 10.4 Å². The third-order valence-electron chi connectivity index (χ3n) is 5.64. The van der Waals surface area contributed by atoms with Gasteiger partial charge in [-0.2, -0.15) is 0 Å². The van der Waals surface area contributed by atoms with Gasteiger partial charge in [0.15, 0.2) is 9.84 Å². The summed E-state index contributed by atoms with van der Waals surface area (Å²) in [5.74, 6) is -1.36. The molecule has 2 amide bonds. The molecule has 34 heavy (non-hydrogen) atoms. The average Bonchev–Trinajstić information content (AvgIpc) is 3.22. The fourth-order valence-corrected chi connectivity index (χ4v) is 8.40. The van der Waals surface area contributed by atoms with Gasteiger partial charge in [-0.25, -0.2) is 31.4 Å². The van der Waals surface area contributed by atoms with Crippen LogP contribution in [0.1, 0.15) is 17.7 Å². The number of anilines is 1. The molecule has 0 saturated carbocycles. The lowest BCUT2D eigenvalue weighted by Crippen LogP contribution is -2.41. The molecule has 1 fully saturated rings. The van der Waals surface area contributed by atoms with Gasteiger partial charge in [-0.05, 0) is 36.2 Å². The van der Waals surface area contributed by atoms with Gasteiger partial charge in [0.2, 0.25) is 15.9 Å². The van der Waals surface area contributed by atoms with Crippen molar-refractivity contribution in [3.05, 3.63) is 41.3 Å². The van der Waals surface area contributed by atoms with Gasteiger partial charge in [-0.3, -0.25) is 15.3 Å². The van der Waals surface area contributed by atoms with E-state index in [-0.39, 0.29) is 19.5 Å². The minimum absolute atomic E-state index is 0.0947. The number of methoxy groups -OCH3 is 1. The van der Waals surface area contributed by atoms with Crippen LogP contribution >= 0.6 is 11.3 Å². The van der Waals surface area contributed by atoms with Crippen molar-refractivity contribution < 1.29 is 36.4 Å². The summed E-state index contributed by atoms with van der Waals surface area (Å²) in [6, 6.07) is 10.1. The number of hydroxylamine groups is 1. The average molecular weight is 532 g/mol. The van der Waals surface area contributed by atoms with Gasteiger partial charge >= 0.3 is 6.09 Å². The number of nitrogens with one attached hydrogen (secondary N) is 2. The van der Waals surface area contributed by atoms with Gasteiger partial charge in [-0.1, -0.05) is 12.1 Å². The maximum Gasteiger partial charge on any atom is 0.411 e. The van der Waals surface area contributed by atoms with Crippen LogP contribution in [0, 0.1) is 0 Å². The molecular weight excluding hydrogens is 506 g/mol. The Bertz CT molecular complexity index is 1290. The van der Waals surface area contributed by atoms with E-state index >= 15 is 0 Å². The first-order chi connectivity index (χ1) is 15.9. The highest BCUT2D eigenvalue weighted by Crippen LogP contribution is 2.45. The number of hydrogen-bond acceptors (Lipinski definition) is 9. The van der Waals surface area contributed by atoms with E-state index in [4.69, 9.17) is 5.21 Å². The lowest BCUT2D eigenvalue weighted by molar-refractivity contribution is -0.129. The molecular formula is C20H25N3O8S3. The summed E-state index contributed by atoms with van der Waals surface area (Å²) in [4.78, 5) is 24.7. The summed E-state index contributed by atoms with van der Waals surface area (Å²) in [7, 11) is -6.41. The molecule has 1 atom stereocenters. The van der Waals surface area contributed by atoms with E-state index in [1.54, 1.807) is 36.4 Å². The third kappa shape index (κ3) is 5.41. The highest BCUT2D eigenvalue weighted by Gasteiger charge is 2.50. The Morgan fingerprint density at radius 2 is 1.97 bits per heavy atom. The zero-order valence-electron chi connectivity index (χ0n) is 18.5. The summed E-state index contributed by atoms with van der Waals surface area (Å²) in [6.45, 7) is -0.314. The standard InChI is InChI=1S/C20H25N3O8S3/c1-31-19(25)21-15-5-3-4-14(12-15)16-6-7-17(32-16)20(13-18(24)22-26)8-9-23(33(2,27)28)10-11-34(20,29)30/h3-7,12,26H,8-11,13H2,1-2H3,(H,21,25)(H,22,24)/t20-/m0/s1. The number of carbonyl (C=O) groups is 2. The van der Waals surface area contributed by atoms with Gasteiger partial charge in [0.05, 0.1) is 25.5 Å². The molecule has 0 radical (unpaired) electrons. The zero-order valence-corrected chi connectivity index (χ0v) is 20.9. The van der Waals surface area contributed by atoms with E-state index < -0.39 is 48.8 Å². The number of ether oxygens (including phenoxy) is 1. The van der Waals surface area contributed by atoms with Crippen molar-refractivity contribution in [1.82, 2.24) is 9.79 Å². The minimum atomic E-state index is -4.01. The number of benzene rings is 1. The second-order valence-corrected chi connectivity index (χ2v) is 13.3. The van der Waals surface area contributed by atoms with E-state index in [1.165, 1.54) is 12.6 Å². The predicted octanol–water partition coefficient (Wildman–Crippen LogP) is 1.76. The Morgan fingerprint density at radius 3 is 2.62 bits per heavy atom. The van der Waals surface area contributed by atoms with Gasteiger partial charge in [-0.15, -0.1) is 11.3 Å². The van der Waals surface area contributed by atoms with Crippen LogP contribution in [0.15, 0.2) is 36.4 Å². The molecule has 0 spiro atoms. The maximum atomic E-state index is 13.5. The highest BCUT2D eigenvalue weighted by atomic mass is 32.2. The summed E-state index contributed by atoms with van der Waals surface area (Å²) in [5, 5.41) is 11.7. The maximum absolute atomic E-state index is 13.5. The molecule has 3 N–H and O–H groups in total. The smallest absolute Gasteiger partial charge is 0.411 e. The highest BCUT2D eigenvalue weighted by molar-refractivity contribution is 7.92. The SMILES string of the molecule is COC(=O)Nc1cccc(-c2ccc([C@@]3(CC(=O)NO)CCN(S(C)(=O)=O)CCS3(=O)=O)s2)c1. The Labute approximate surface area is 201 Å². The van der Waals surface area contributed by atoms with E-state index in [0.717, 1.165) is 21.9 Å². The van der Waals surface area contributed by atoms with Crippen molar-refractivity contribution in [3.63, 3.8) is 0 Å². The van der Waals surface area contributed by atoms with Crippen molar-refractivity contribution in [3.8, 4) is 10.4 Å². The first kappa shape index (κ1) is 26.1. The predicted molar refractivity (Wildman–Crippen MR) is 127 cm³/mol. The van der Waals surface area contributed by atoms with Gasteiger partial charge in [0.1, 0.15) is 4.75 Å². The van der Waals surface area contributed by atoms with Crippen LogP contribution in [0.2, 0.25) is 0 Å². The summed E-state index contributed by atoms with van der Waals surface area (Å²) < 4.78 is 55.0. The van der Waals surface area contributed by atoms with Crippen LogP contribution < -0.4 is 10.8 Å². The number of nitrogens with zero attached hydrogens (tertiary/aromatic N) is 1. The normalized spacial score (nSPS) is 20.8. The van der Waals surface area contributed by atoms with E-state index in [1.807, 2.05) is 0 Å². The number of sulfonamides is 1. The zero-order chi connectivity index (χ0) is 25.1. The molecule has 0 unspecified atom stereocenters. The molecule has 14 heteroatoms. The molecule has 0 bridgehead atoms. The van der Waals surface area contributed by atoms with Crippen molar-refractivity contribution >= 4 is 48.9 Å². The van der Waals surface area contributed by atoms with Crippen molar-refractivity contribution in [2.24, 2.45) is 0 Å². The summed E-state index contributed by atoms with van der Waals surface area (Å²) in [6.07, 6.45) is -0.350. The molecule has 3 rings (SSSR count). The lowest BCUT2D eigenvalue weighted by Gasteiger charge is -2.30. The minimum Gasteiger partial charge on any atom is -0.453 e. The first-order valence-electron chi connectivity index (χ1n) is 10.1. The number of sulfone groups is 1. The molecule has 186 valence electrons. The molecule has 11 nitrogen and oxygen atoms in total. The van der Waals surface area contributed by atoms with Gasteiger partial charge in [0.25, 0.3) is 0 Å². The number of rotatable bonds is 6. The molecule has 1 saturated heterocycles. The molecule has 0 aliphatic carbocycles. The van der Waals surface area contributed by atoms with Crippen molar-refractivity contribution in [2.45, 2.75) is 17.6 Å². The Morgan fingerprint density at radius 1 is 1.24 bits per heavy atom. The molecule has 1 aromatic heterocycles. The van der Waals surface area contributed by atoms with Crippen molar-refractivity contribution in [1.29, 1.82) is 0 Å². The Balaban J connectivity index is 2.06. The topological polar surface area (TPSA) is 159 Å². The van der Waals surface area contributed by atoms with E-state index in [2.05, 4.69) is 10.1 Å².